The molecule has 0 saturated heterocycles. The summed E-state index contributed by atoms with van der Waals surface area (Å²) in [7, 11) is 1.64. The average Bonchev–Trinajstić information content (AvgIpc) is 2.79. The van der Waals surface area contributed by atoms with Crippen molar-refractivity contribution in [3.05, 3.63) is 65.0 Å². The Hall–Kier alpha value is -3.12. The Kier molecular flexibility index (Phi) is 10.7. The van der Waals surface area contributed by atoms with Crippen LogP contribution >= 0.6 is 0 Å². The van der Waals surface area contributed by atoms with E-state index in [2.05, 4.69) is 5.32 Å². The number of nitrogens with one attached hydrogen (secondary N) is 1. The molecule has 9 heteroatoms. The van der Waals surface area contributed by atoms with Gasteiger partial charge in [-0.25, -0.2) is 4.39 Å². The minimum Gasteiger partial charge on any atom is -0.370 e. The Bertz CT molecular complexity index is 908. The summed E-state index contributed by atoms with van der Waals surface area (Å²) in [5, 5.41) is 11.6. The zero-order chi connectivity index (χ0) is 24.3. The number of hydrogen-bond donors (Lipinski definition) is 2. The number of likely N-dealkylation sites (N-methyl/N-ethyl adjacent to an activating group) is 1. The number of carbonyl (C=O) groups excluding carboxylic acids is 1. The van der Waals surface area contributed by atoms with Gasteiger partial charge in [0.25, 0.3) is 5.91 Å². The highest BCUT2D eigenvalue weighted by atomic mass is 19.4. The summed E-state index contributed by atoms with van der Waals surface area (Å²) >= 11 is 0. The van der Waals surface area contributed by atoms with Gasteiger partial charge in [-0.05, 0) is 55.3 Å². The molecule has 0 radical (unpaired) electrons. The highest BCUT2D eigenvalue weighted by Gasteiger charge is 2.34. The monoisotopic (exact) mass is 452 g/mol. The number of nitrogens with two attached hydrogens (primary N) is 1. The van der Waals surface area contributed by atoms with Gasteiger partial charge in [0.05, 0.1) is 17.2 Å². The first-order chi connectivity index (χ1) is 15.2. The molecule has 0 spiro atoms. The normalized spacial score (nSPS) is 11.6. The van der Waals surface area contributed by atoms with Crippen molar-refractivity contribution in [2.24, 2.45) is 5.73 Å². The standard InChI is InChI=1S/C21H22F4N4O.C2H6/c1-29(17-9-6-15(12-26)19(11-17)21(23,24)25)18(13-27)3-2-10-28-20(30)14-4-7-16(22)8-5-14;1-2/h4-9,11,18H,2-3,10,13,27H2,1H3,(H,28,30);1-2H3. The zero-order valence-electron chi connectivity index (χ0n) is 18.3. The van der Waals surface area contributed by atoms with Crippen LogP contribution in [-0.2, 0) is 6.18 Å². The Morgan fingerprint density at radius 1 is 1.19 bits per heavy atom. The molecule has 3 N–H and O–H groups in total. The van der Waals surface area contributed by atoms with Gasteiger partial charge in [-0.2, -0.15) is 18.4 Å². The van der Waals surface area contributed by atoms with Crippen molar-refractivity contribution in [3.8, 4) is 6.07 Å². The van der Waals surface area contributed by atoms with E-state index in [4.69, 9.17) is 11.0 Å². The fourth-order valence-corrected chi connectivity index (χ4v) is 3.01. The number of nitrogens with zero attached hydrogens (tertiary/aromatic N) is 2. The summed E-state index contributed by atoms with van der Waals surface area (Å²) in [5.41, 5.74) is 5.01. The van der Waals surface area contributed by atoms with Crippen LogP contribution < -0.4 is 16.0 Å². The molecule has 2 aromatic rings. The van der Waals surface area contributed by atoms with Crippen molar-refractivity contribution >= 4 is 11.6 Å². The molecule has 2 rings (SSSR count). The number of amides is 1. The Labute approximate surface area is 185 Å². The van der Waals surface area contributed by atoms with Gasteiger partial charge < -0.3 is 16.0 Å². The Morgan fingerprint density at radius 3 is 2.34 bits per heavy atom. The van der Waals surface area contributed by atoms with E-state index in [-0.39, 0.29) is 18.5 Å². The number of anilines is 1. The van der Waals surface area contributed by atoms with Crippen LogP contribution in [0.5, 0.6) is 0 Å². The molecule has 1 atom stereocenters. The zero-order valence-corrected chi connectivity index (χ0v) is 18.3. The lowest BCUT2D eigenvalue weighted by atomic mass is 10.0. The topological polar surface area (TPSA) is 82.2 Å². The lowest BCUT2D eigenvalue weighted by molar-refractivity contribution is -0.137. The fraction of sp³-hybridized carbons (Fsp3) is 0.391. The smallest absolute Gasteiger partial charge is 0.370 e. The molecule has 32 heavy (non-hydrogen) atoms. The van der Waals surface area contributed by atoms with Crippen molar-refractivity contribution in [1.29, 1.82) is 5.26 Å². The summed E-state index contributed by atoms with van der Waals surface area (Å²) in [4.78, 5) is 13.7. The van der Waals surface area contributed by atoms with E-state index in [1.165, 1.54) is 30.3 Å². The molecule has 0 aliphatic carbocycles. The average molecular weight is 452 g/mol. The number of nitriles is 1. The summed E-state index contributed by atoms with van der Waals surface area (Å²) < 4.78 is 52.5. The van der Waals surface area contributed by atoms with Crippen LogP contribution in [0.2, 0.25) is 0 Å². The van der Waals surface area contributed by atoms with Crippen molar-refractivity contribution in [1.82, 2.24) is 5.32 Å². The third-order valence-electron chi connectivity index (χ3n) is 4.76. The minimum atomic E-state index is -4.63. The molecule has 1 unspecified atom stereocenters. The molecule has 0 heterocycles. The number of rotatable bonds is 8. The third-order valence-corrected chi connectivity index (χ3v) is 4.76. The third kappa shape index (κ3) is 7.54. The highest BCUT2D eigenvalue weighted by Crippen LogP contribution is 2.34. The van der Waals surface area contributed by atoms with Crippen LogP contribution in [0.15, 0.2) is 42.5 Å². The van der Waals surface area contributed by atoms with Crippen molar-refractivity contribution < 1.29 is 22.4 Å². The lowest BCUT2D eigenvalue weighted by Crippen LogP contribution is -2.39. The first kappa shape index (κ1) is 26.9. The molecule has 0 saturated carbocycles. The molecular formula is C23H28F4N4O. The van der Waals surface area contributed by atoms with Gasteiger partial charge in [-0.15, -0.1) is 0 Å². The van der Waals surface area contributed by atoms with E-state index in [9.17, 15) is 22.4 Å². The van der Waals surface area contributed by atoms with Crippen LogP contribution in [-0.4, -0.2) is 32.1 Å². The van der Waals surface area contributed by atoms with E-state index in [0.29, 0.717) is 30.6 Å². The van der Waals surface area contributed by atoms with Gasteiger partial charge in [0.2, 0.25) is 0 Å². The van der Waals surface area contributed by atoms with E-state index >= 15 is 0 Å². The maximum atomic E-state index is 13.2. The number of halogens is 4. The largest absolute Gasteiger partial charge is 0.417 e. The highest BCUT2D eigenvalue weighted by molar-refractivity contribution is 5.94. The van der Waals surface area contributed by atoms with Crippen LogP contribution in [0.4, 0.5) is 23.2 Å². The number of alkyl halides is 3. The molecule has 5 nitrogen and oxygen atoms in total. The molecule has 0 aromatic heterocycles. The predicted octanol–water partition coefficient (Wildman–Crippen LogP) is 4.72. The van der Waals surface area contributed by atoms with E-state index < -0.39 is 23.1 Å². The van der Waals surface area contributed by atoms with Crippen LogP contribution in [0, 0.1) is 17.1 Å². The molecule has 0 aliphatic rings. The molecule has 174 valence electrons. The number of carbonyl (C=O) groups is 1. The second-order valence-corrected chi connectivity index (χ2v) is 6.74. The molecule has 2 aromatic carbocycles. The van der Waals surface area contributed by atoms with E-state index in [1.54, 1.807) is 18.0 Å². The maximum Gasteiger partial charge on any atom is 0.417 e. The number of hydrogen-bond acceptors (Lipinski definition) is 4. The second kappa shape index (κ2) is 12.7. The Morgan fingerprint density at radius 2 is 1.81 bits per heavy atom. The van der Waals surface area contributed by atoms with E-state index in [1.807, 2.05) is 13.8 Å². The molecule has 0 bridgehead atoms. The first-order valence-corrected chi connectivity index (χ1v) is 10.3. The molecular weight excluding hydrogens is 424 g/mol. The predicted molar refractivity (Wildman–Crippen MR) is 117 cm³/mol. The van der Waals surface area contributed by atoms with Gasteiger partial charge in [0.15, 0.2) is 0 Å². The summed E-state index contributed by atoms with van der Waals surface area (Å²) in [6, 6.07) is 9.98. The summed E-state index contributed by atoms with van der Waals surface area (Å²) in [6.45, 7) is 4.53. The molecule has 0 aliphatic heterocycles. The molecule has 1 amide bonds. The van der Waals surface area contributed by atoms with Crippen molar-refractivity contribution in [2.45, 2.75) is 38.9 Å². The maximum absolute atomic E-state index is 13.2. The van der Waals surface area contributed by atoms with Crippen molar-refractivity contribution in [2.75, 3.05) is 25.0 Å². The second-order valence-electron chi connectivity index (χ2n) is 6.74. The van der Waals surface area contributed by atoms with Crippen LogP contribution in [0.1, 0.15) is 48.2 Å². The quantitative estimate of drug-likeness (QED) is 0.449. The van der Waals surface area contributed by atoms with Gasteiger partial charge in [0, 0.05) is 37.4 Å². The minimum absolute atomic E-state index is 0.198. The van der Waals surface area contributed by atoms with E-state index in [0.717, 1.165) is 12.1 Å². The lowest BCUT2D eigenvalue weighted by Gasteiger charge is -2.30. The summed E-state index contributed by atoms with van der Waals surface area (Å²) in [6.07, 6.45) is -3.57. The van der Waals surface area contributed by atoms with Crippen LogP contribution in [0.3, 0.4) is 0 Å². The van der Waals surface area contributed by atoms with Gasteiger partial charge >= 0.3 is 6.18 Å². The molecule has 0 fully saturated rings. The van der Waals surface area contributed by atoms with Crippen molar-refractivity contribution in [3.63, 3.8) is 0 Å². The first-order valence-electron chi connectivity index (χ1n) is 10.3. The van der Waals surface area contributed by atoms with Gasteiger partial charge in [0.1, 0.15) is 5.82 Å². The summed E-state index contributed by atoms with van der Waals surface area (Å²) in [5.74, 6) is -0.772. The van der Waals surface area contributed by atoms with Gasteiger partial charge in [-0.3, -0.25) is 4.79 Å². The van der Waals surface area contributed by atoms with Crippen LogP contribution in [0.25, 0.3) is 0 Å². The SMILES string of the molecule is CC.CN(c1ccc(C#N)c(C(F)(F)F)c1)C(CN)CCCNC(=O)c1ccc(F)cc1. The van der Waals surface area contributed by atoms with Gasteiger partial charge in [-0.1, -0.05) is 13.8 Å². The fourth-order valence-electron chi connectivity index (χ4n) is 3.01. The number of benzene rings is 2. The Balaban J connectivity index is 0.00000249.